The number of fused-ring (bicyclic) bond motifs is 7. The second-order valence-electron chi connectivity index (χ2n) is 29.3. The predicted molar refractivity (Wildman–Crippen MR) is 342 cm³/mol. The smallest absolute Gasteiger partial charge is 0.252 e. The van der Waals surface area contributed by atoms with Gasteiger partial charge in [0, 0.05) is 50.8 Å². The molecule has 12 rings (SSSR count). The quantitative estimate of drug-likeness (QED) is 0.159. The van der Waals surface area contributed by atoms with E-state index in [9.17, 15) is 0 Å². The van der Waals surface area contributed by atoms with Crippen molar-refractivity contribution in [2.24, 2.45) is 0 Å². The molecule has 3 heterocycles. The summed E-state index contributed by atoms with van der Waals surface area (Å²) < 4.78 is 0. The van der Waals surface area contributed by atoms with Crippen molar-refractivity contribution in [3.63, 3.8) is 0 Å². The zero-order valence-electron chi connectivity index (χ0n) is 50.4. The van der Waals surface area contributed by atoms with E-state index in [1.54, 1.807) is 0 Å². The highest BCUT2D eigenvalue weighted by molar-refractivity contribution is 7.00. The van der Waals surface area contributed by atoms with Gasteiger partial charge in [0.05, 0.1) is 11.2 Å². The maximum absolute atomic E-state index is 2.81. The molecule has 1 fully saturated rings. The van der Waals surface area contributed by atoms with Crippen LogP contribution in [0, 0.1) is 0 Å². The van der Waals surface area contributed by atoms with Crippen LogP contribution in [0.15, 0.2) is 170 Å². The molecule has 0 aromatic heterocycles. The third kappa shape index (κ3) is 8.43. The summed E-state index contributed by atoms with van der Waals surface area (Å²) in [5.74, 6) is 0. The molecule has 402 valence electrons. The van der Waals surface area contributed by atoms with E-state index < -0.39 is 0 Å². The summed E-state index contributed by atoms with van der Waals surface area (Å²) in [6, 6.07) is 67.3. The first-order chi connectivity index (χ1) is 37.2. The van der Waals surface area contributed by atoms with Crippen molar-refractivity contribution >= 4 is 68.6 Å². The molecule has 3 nitrogen and oxygen atoms in total. The molecular weight excluding hydrogens is 954 g/mol. The average Bonchev–Trinajstić information content (AvgIpc) is 2.88. The molecule has 0 bridgehead atoms. The first kappa shape index (κ1) is 52.9. The standard InChI is InChI=1S/C75H84BN3/c1-69(2,3)50-29-34-56(35-30-50)77-65-48-57(79-63-40-33-53(71(7,8)9)44-59(63)75(51-27-21-18-22-28-51)42-24-23-41-74(75,79)16)36-38-61(65)76-60-37-31-54(72(10,11)12)45-64(60)78(67-47-55(73(13,14)15)46-66(77)68(67)76)62-39-32-52(70(4,5)6)43-58(62)49-25-19-17-20-26-49/h17-22,25-40,43-48H,23-24,41-42H2,1-16H3. The molecule has 79 heavy (non-hydrogen) atoms. The molecule has 0 N–H and O–H groups in total. The molecule has 1 saturated carbocycles. The van der Waals surface area contributed by atoms with Crippen molar-refractivity contribution < 1.29 is 0 Å². The van der Waals surface area contributed by atoms with E-state index in [1.807, 2.05) is 0 Å². The lowest BCUT2D eigenvalue weighted by Gasteiger charge is -2.52. The average molecular weight is 1040 g/mol. The molecule has 2 atom stereocenters. The topological polar surface area (TPSA) is 9.72 Å². The second kappa shape index (κ2) is 18.1. The van der Waals surface area contributed by atoms with E-state index in [1.165, 1.54) is 125 Å². The number of anilines is 8. The van der Waals surface area contributed by atoms with Gasteiger partial charge >= 0.3 is 0 Å². The summed E-state index contributed by atoms with van der Waals surface area (Å²) in [5, 5.41) is 0. The van der Waals surface area contributed by atoms with Gasteiger partial charge in [0.1, 0.15) is 0 Å². The van der Waals surface area contributed by atoms with E-state index in [4.69, 9.17) is 0 Å². The maximum Gasteiger partial charge on any atom is 0.252 e. The van der Waals surface area contributed by atoms with Crippen LogP contribution in [-0.4, -0.2) is 12.3 Å². The Morgan fingerprint density at radius 1 is 0.380 bits per heavy atom. The molecule has 0 spiro atoms. The van der Waals surface area contributed by atoms with E-state index in [0.29, 0.717) is 0 Å². The van der Waals surface area contributed by atoms with Gasteiger partial charge in [-0.05, 0) is 168 Å². The first-order valence-electron chi connectivity index (χ1n) is 29.6. The van der Waals surface area contributed by atoms with E-state index in [-0.39, 0.29) is 44.7 Å². The lowest BCUT2D eigenvalue weighted by molar-refractivity contribution is 0.215. The van der Waals surface area contributed by atoms with Crippen LogP contribution in [0.5, 0.6) is 0 Å². The Kier molecular flexibility index (Phi) is 12.1. The van der Waals surface area contributed by atoms with Crippen LogP contribution in [0.25, 0.3) is 11.1 Å². The Morgan fingerprint density at radius 3 is 1.46 bits per heavy atom. The van der Waals surface area contributed by atoms with Gasteiger partial charge in [0.2, 0.25) is 0 Å². The van der Waals surface area contributed by atoms with Gasteiger partial charge in [0.25, 0.3) is 6.71 Å². The van der Waals surface area contributed by atoms with Crippen LogP contribution in [0.3, 0.4) is 0 Å². The highest BCUT2D eigenvalue weighted by Crippen LogP contribution is 2.64. The summed E-state index contributed by atoms with van der Waals surface area (Å²) in [6.45, 7) is 37.9. The van der Waals surface area contributed by atoms with Gasteiger partial charge < -0.3 is 14.7 Å². The Hall–Kier alpha value is -6.78. The van der Waals surface area contributed by atoms with E-state index in [0.717, 1.165) is 12.8 Å². The SMILES string of the molecule is CC(C)(C)c1ccc(N2c3cc(N4c5ccc(C(C)(C)C)cc5C5(c6ccccc6)CCCCC45C)ccc3B3c4ccc(C(C)(C)C)cc4N(c4ccc(C(C)(C)C)cc4-c4ccccc4)c4cc(C(C)(C)C)cc2c43)cc1. The summed E-state index contributed by atoms with van der Waals surface area (Å²) in [7, 11) is 0. The molecule has 0 radical (unpaired) electrons. The minimum absolute atomic E-state index is 0.00767. The van der Waals surface area contributed by atoms with Crippen LogP contribution in [-0.2, 0) is 32.5 Å². The highest BCUT2D eigenvalue weighted by Gasteiger charge is 2.61. The summed E-state index contributed by atoms with van der Waals surface area (Å²) in [4.78, 5) is 8.15. The molecule has 0 amide bonds. The molecule has 8 aromatic carbocycles. The number of rotatable bonds is 5. The monoisotopic (exact) mass is 1040 g/mol. The number of hydrogen-bond donors (Lipinski definition) is 0. The molecule has 0 saturated heterocycles. The first-order valence-corrected chi connectivity index (χ1v) is 29.6. The Morgan fingerprint density at radius 2 is 0.848 bits per heavy atom. The van der Waals surface area contributed by atoms with Gasteiger partial charge in [-0.2, -0.15) is 0 Å². The molecule has 1 aliphatic carbocycles. The summed E-state index contributed by atoms with van der Waals surface area (Å²) >= 11 is 0. The third-order valence-corrected chi connectivity index (χ3v) is 18.9. The molecule has 3 aliphatic heterocycles. The van der Waals surface area contributed by atoms with Crippen molar-refractivity contribution in [2.45, 2.75) is 174 Å². The molecular formula is C75H84BN3. The fourth-order valence-corrected chi connectivity index (χ4v) is 14.3. The van der Waals surface area contributed by atoms with Crippen LogP contribution >= 0.6 is 0 Å². The van der Waals surface area contributed by atoms with Gasteiger partial charge in [-0.1, -0.05) is 226 Å². The van der Waals surface area contributed by atoms with Crippen molar-refractivity contribution in [1.29, 1.82) is 0 Å². The van der Waals surface area contributed by atoms with Crippen LogP contribution in [0.2, 0.25) is 0 Å². The number of nitrogens with zero attached hydrogens (tertiary/aromatic N) is 3. The number of benzene rings is 8. The Bertz CT molecular complexity index is 3670. The maximum atomic E-state index is 2.81. The van der Waals surface area contributed by atoms with E-state index >= 15 is 0 Å². The van der Waals surface area contributed by atoms with Crippen molar-refractivity contribution in [1.82, 2.24) is 0 Å². The second-order valence-corrected chi connectivity index (χ2v) is 29.3. The van der Waals surface area contributed by atoms with Crippen molar-refractivity contribution in [3.8, 4) is 11.1 Å². The Balaban J connectivity index is 1.17. The molecule has 8 aromatic rings. The molecule has 4 heteroatoms. The fraction of sp³-hybridized carbons (Fsp3) is 0.360. The zero-order valence-corrected chi connectivity index (χ0v) is 50.4. The summed E-state index contributed by atoms with van der Waals surface area (Å²) in [6.07, 6.45) is 4.62. The normalized spacial score (nSPS) is 18.9. The Labute approximate surface area is 475 Å². The van der Waals surface area contributed by atoms with Crippen molar-refractivity contribution in [3.05, 3.63) is 209 Å². The molecule has 4 aliphatic rings. The van der Waals surface area contributed by atoms with Gasteiger partial charge in [-0.3, -0.25) is 0 Å². The van der Waals surface area contributed by atoms with Gasteiger partial charge in [-0.25, -0.2) is 0 Å². The highest BCUT2D eigenvalue weighted by atomic mass is 15.3. The van der Waals surface area contributed by atoms with Gasteiger partial charge in [0.15, 0.2) is 0 Å². The van der Waals surface area contributed by atoms with Gasteiger partial charge in [-0.15, -0.1) is 0 Å². The third-order valence-electron chi connectivity index (χ3n) is 18.9. The number of hydrogen-bond acceptors (Lipinski definition) is 3. The van der Waals surface area contributed by atoms with Crippen LogP contribution in [0.1, 0.15) is 175 Å². The lowest BCUT2D eigenvalue weighted by atomic mass is 9.33. The largest absolute Gasteiger partial charge is 0.334 e. The minimum atomic E-state index is -0.224. The fourth-order valence-electron chi connectivity index (χ4n) is 14.3. The van der Waals surface area contributed by atoms with Crippen LogP contribution in [0.4, 0.5) is 45.5 Å². The minimum Gasteiger partial charge on any atom is -0.334 e. The van der Waals surface area contributed by atoms with Crippen molar-refractivity contribution in [2.75, 3.05) is 14.7 Å². The predicted octanol–water partition coefficient (Wildman–Crippen LogP) is 18.7. The summed E-state index contributed by atoms with van der Waals surface area (Å²) in [5.41, 5.74) is 25.4. The molecule has 2 unspecified atom stereocenters. The van der Waals surface area contributed by atoms with Crippen LogP contribution < -0.4 is 31.1 Å². The van der Waals surface area contributed by atoms with E-state index in [2.05, 4.69) is 295 Å². The zero-order chi connectivity index (χ0) is 56.0. The lowest BCUT2D eigenvalue weighted by Crippen LogP contribution is -2.61.